The number of thioether (sulfide) groups is 1. The number of piperidine rings is 1. The number of nitrogens with zero attached hydrogens (tertiary/aromatic N) is 1. The molecule has 1 atom stereocenters. The maximum Gasteiger partial charge on any atom is 0.233 e. The predicted molar refractivity (Wildman–Crippen MR) is 89.7 cm³/mol. The molecule has 1 fully saturated rings. The van der Waals surface area contributed by atoms with E-state index in [1.165, 1.54) is 19.3 Å². The standard InChI is InChI=1S/C17H26N2OS/c1-14(2)19(12-15-8-6-7-11-18-15)17(20)13-21-16-9-4-3-5-10-16/h3-5,9-10,14-15,18H,6-8,11-13H2,1-2H3. The summed E-state index contributed by atoms with van der Waals surface area (Å²) in [5.41, 5.74) is 0. The van der Waals surface area contributed by atoms with Crippen LogP contribution in [0.2, 0.25) is 0 Å². The molecule has 1 heterocycles. The van der Waals surface area contributed by atoms with Gasteiger partial charge in [0, 0.05) is 23.5 Å². The van der Waals surface area contributed by atoms with Crippen molar-refractivity contribution < 1.29 is 4.79 Å². The maximum absolute atomic E-state index is 12.5. The Morgan fingerprint density at radius 3 is 2.71 bits per heavy atom. The molecule has 4 heteroatoms. The number of carbonyl (C=O) groups is 1. The number of nitrogens with one attached hydrogen (secondary N) is 1. The van der Waals surface area contributed by atoms with Gasteiger partial charge in [-0.25, -0.2) is 0 Å². The Kier molecular flexibility index (Phi) is 6.58. The van der Waals surface area contributed by atoms with E-state index >= 15 is 0 Å². The van der Waals surface area contributed by atoms with Crippen molar-refractivity contribution in [2.24, 2.45) is 0 Å². The van der Waals surface area contributed by atoms with E-state index in [0.29, 0.717) is 11.8 Å². The van der Waals surface area contributed by atoms with Crippen LogP contribution in [-0.4, -0.2) is 41.7 Å². The monoisotopic (exact) mass is 306 g/mol. The van der Waals surface area contributed by atoms with Crippen molar-refractivity contribution >= 4 is 17.7 Å². The molecule has 1 aromatic carbocycles. The molecule has 0 aliphatic carbocycles. The molecule has 1 saturated heterocycles. The summed E-state index contributed by atoms with van der Waals surface area (Å²) >= 11 is 1.62. The molecule has 0 aromatic heterocycles. The molecule has 1 aliphatic rings. The number of amides is 1. The van der Waals surface area contributed by atoms with Crippen LogP contribution in [0.4, 0.5) is 0 Å². The van der Waals surface area contributed by atoms with Gasteiger partial charge >= 0.3 is 0 Å². The van der Waals surface area contributed by atoms with Gasteiger partial charge in [-0.2, -0.15) is 0 Å². The Bertz CT molecular complexity index is 430. The number of hydrogen-bond acceptors (Lipinski definition) is 3. The third kappa shape index (κ3) is 5.36. The first-order valence-corrected chi connectivity index (χ1v) is 8.86. The Morgan fingerprint density at radius 2 is 2.10 bits per heavy atom. The first-order chi connectivity index (χ1) is 10.2. The van der Waals surface area contributed by atoms with Crippen LogP contribution in [0, 0.1) is 0 Å². The smallest absolute Gasteiger partial charge is 0.233 e. The summed E-state index contributed by atoms with van der Waals surface area (Å²) in [6.07, 6.45) is 3.72. The number of rotatable bonds is 6. The van der Waals surface area contributed by atoms with Gasteiger partial charge in [0.2, 0.25) is 5.91 Å². The summed E-state index contributed by atoms with van der Waals surface area (Å²) in [5.74, 6) is 0.765. The van der Waals surface area contributed by atoms with Crippen LogP contribution < -0.4 is 5.32 Å². The van der Waals surface area contributed by atoms with Crippen LogP contribution in [0.1, 0.15) is 33.1 Å². The molecule has 0 saturated carbocycles. The lowest BCUT2D eigenvalue weighted by Crippen LogP contribution is -2.48. The summed E-state index contributed by atoms with van der Waals surface area (Å²) in [4.78, 5) is 15.7. The fourth-order valence-electron chi connectivity index (χ4n) is 2.66. The Morgan fingerprint density at radius 1 is 1.33 bits per heavy atom. The third-order valence-electron chi connectivity index (χ3n) is 3.88. The minimum atomic E-state index is 0.242. The van der Waals surface area contributed by atoms with Crippen LogP contribution in [0.3, 0.4) is 0 Å². The summed E-state index contributed by atoms with van der Waals surface area (Å²) in [6, 6.07) is 10.9. The second-order valence-corrected chi connectivity index (χ2v) is 6.94. The van der Waals surface area contributed by atoms with Crippen LogP contribution in [0.25, 0.3) is 0 Å². The lowest BCUT2D eigenvalue weighted by molar-refractivity contribution is -0.130. The Labute approximate surface area is 132 Å². The van der Waals surface area contributed by atoms with E-state index in [0.717, 1.165) is 18.0 Å². The van der Waals surface area contributed by atoms with E-state index in [-0.39, 0.29) is 11.9 Å². The van der Waals surface area contributed by atoms with Gasteiger partial charge in [0.25, 0.3) is 0 Å². The molecule has 1 N–H and O–H groups in total. The molecule has 1 aromatic rings. The van der Waals surface area contributed by atoms with Gasteiger partial charge in [0.1, 0.15) is 0 Å². The van der Waals surface area contributed by atoms with Crippen molar-refractivity contribution in [2.45, 2.75) is 50.1 Å². The zero-order valence-corrected chi connectivity index (χ0v) is 13.9. The van der Waals surface area contributed by atoms with E-state index in [4.69, 9.17) is 0 Å². The van der Waals surface area contributed by atoms with Gasteiger partial charge in [-0.1, -0.05) is 24.6 Å². The van der Waals surface area contributed by atoms with E-state index in [1.54, 1.807) is 11.8 Å². The van der Waals surface area contributed by atoms with Crippen LogP contribution in [0.15, 0.2) is 35.2 Å². The molecule has 0 radical (unpaired) electrons. The van der Waals surface area contributed by atoms with Gasteiger partial charge in [-0.15, -0.1) is 11.8 Å². The normalized spacial score (nSPS) is 18.7. The van der Waals surface area contributed by atoms with Gasteiger partial charge in [-0.05, 0) is 45.4 Å². The molecule has 1 unspecified atom stereocenters. The first-order valence-electron chi connectivity index (χ1n) is 7.87. The molecule has 116 valence electrons. The molecular weight excluding hydrogens is 280 g/mol. The number of carbonyl (C=O) groups excluding carboxylic acids is 1. The average Bonchev–Trinajstić information content (AvgIpc) is 2.52. The van der Waals surface area contributed by atoms with Crippen molar-refractivity contribution in [1.82, 2.24) is 10.2 Å². The molecule has 2 rings (SSSR count). The summed E-state index contributed by atoms with van der Waals surface area (Å²) < 4.78 is 0. The second kappa shape index (κ2) is 8.44. The summed E-state index contributed by atoms with van der Waals surface area (Å²) in [5, 5.41) is 3.53. The van der Waals surface area contributed by atoms with Gasteiger partial charge < -0.3 is 10.2 Å². The molecular formula is C17H26N2OS. The molecule has 0 spiro atoms. The topological polar surface area (TPSA) is 32.3 Å². The highest BCUT2D eigenvalue weighted by Gasteiger charge is 2.22. The molecule has 21 heavy (non-hydrogen) atoms. The summed E-state index contributed by atoms with van der Waals surface area (Å²) in [7, 11) is 0. The third-order valence-corrected chi connectivity index (χ3v) is 4.88. The van der Waals surface area contributed by atoms with Crippen molar-refractivity contribution in [3.8, 4) is 0 Å². The van der Waals surface area contributed by atoms with E-state index in [1.807, 2.05) is 23.1 Å². The average molecular weight is 306 g/mol. The Balaban J connectivity index is 1.86. The zero-order chi connectivity index (χ0) is 15.1. The zero-order valence-electron chi connectivity index (χ0n) is 13.0. The van der Waals surface area contributed by atoms with Crippen LogP contribution >= 0.6 is 11.8 Å². The summed E-state index contributed by atoms with van der Waals surface area (Å²) in [6.45, 7) is 6.14. The van der Waals surface area contributed by atoms with Crippen LogP contribution in [0.5, 0.6) is 0 Å². The first kappa shape index (κ1) is 16.4. The quantitative estimate of drug-likeness (QED) is 0.819. The second-order valence-electron chi connectivity index (χ2n) is 5.89. The highest BCUT2D eigenvalue weighted by molar-refractivity contribution is 8.00. The SMILES string of the molecule is CC(C)N(CC1CCCCN1)C(=O)CSc1ccccc1. The lowest BCUT2D eigenvalue weighted by atomic mass is 10.0. The van der Waals surface area contributed by atoms with Crippen molar-refractivity contribution in [1.29, 1.82) is 0 Å². The van der Waals surface area contributed by atoms with Crippen LogP contribution in [-0.2, 0) is 4.79 Å². The predicted octanol–water partition coefficient (Wildman–Crippen LogP) is 3.16. The lowest BCUT2D eigenvalue weighted by Gasteiger charge is -2.33. The number of hydrogen-bond donors (Lipinski definition) is 1. The Hall–Kier alpha value is -1.00. The van der Waals surface area contributed by atoms with E-state index in [9.17, 15) is 4.79 Å². The molecule has 1 amide bonds. The maximum atomic E-state index is 12.5. The largest absolute Gasteiger partial charge is 0.338 e. The fourth-order valence-corrected chi connectivity index (χ4v) is 3.47. The van der Waals surface area contributed by atoms with Gasteiger partial charge in [-0.3, -0.25) is 4.79 Å². The number of benzene rings is 1. The minimum absolute atomic E-state index is 0.242. The molecule has 3 nitrogen and oxygen atoms in total. The van der Waals surface area contributed by atoms with Gasteiger partial charge in [0.05, 0.1) is 5.75 Å². The van der Waals surface area contributed by atoms with Crippen molar-refractivity contribution in [3.05, 3.63) is 30.3 Å². The fraction of sp³-hybridized carbons (Fsp3) is 0.588. The van der Waals surface area contributed by atoms with Gasteiger partial charge in [0.15, 0.2) is 0 Å². The van der Waals surface area contributed by atoms with Crippen molar-refractivity contribution in [2.75, 3.05) is 18.8 Å². The van der Waals surface area contributed by atoms with E-state index < -0.39 is 0 Å². The van der Waals surface area contributed by atoms with Crippen molar-refractivity contribution in [3.63, 3.8) is 0 Å². The highest BCUT2D eigenvalue weighted by atomic mass is 32.2. The minimum Gasteiger partial charge on any atom is -0.338 e. The molecule has 1 aliphatic heterocycles. The molecule has 0 bridgehead atoms. The van der Waals surface area contributed by atoms with E-state index in [2.05, 4.69) is 31.3 Å². The highest BCUT2D eigenvalue weighted by Crippen LogP contribution is 2.18.